The van der Waals surface area contributed by atoms with Gasteiger partial charge in [0.15, 0.2) is 0 Å². The van der Waals surface area contributed by atoms with Crippen molar-refractivity contribution in [1.29, 1.82) is 0 Å². The molecule has 2 aromatic rings. The van der Waals surface area contributed by atoms with Gasteiger partial charge in [0.1, 0.15) is 11.9 Å². The number of rotatable bonds is 4. The Labute approximate surface area is 124 Å². The Morgan fingerprint density at radius 3 is 2.86 bits per heavy atom. The Morgan fingerprint density at radius 1 is 1.43 bits per heavy atom. The average Bonchev–Trinajstić information content (AvgIpc) is 3.17. The molecule has 1 saturated heterocycles. The molecule has 1 amide bonds. The Hall–Kier alpha value is -2.14. The summed E-state index contributed by atoms with van der Waals surface area (Å²) in [6.07, 6.45) is 4.55. The van der Waals surface area contributed by atoms with Crippen LogP contribution in [0.3, 0.4) is 0 Å². The van der Waals surface area contributed by atoms with Crippen LogP contribution in [0.15, 0.2) is 42.7 Å². The number of aromatic nitrogens is 2. The van der Waals surface area contributed by atoms with E-state index in [-0.39, 0.29) is 17.9 Å². The number of nitrogens with zero attached hydrogens (tertiary/aromatic N) is 2. The number of hydrogen-bond donors (Lipinski definition) is 2. The van der Waals surface area contributed by atoms with Gasteiger partial charge in [-0.25, -0.2) is 4.98 Å². The molecular weight excluding hydrogens is 264 g/mol. The first-order chi connectivity index (χ1) is 10.3. The molecule has 2 unspecified atom stereocenters. The van der Waals surface area contributed by atoms with Gasteiger partial charge in [0, 0.05) is 26.0 Å². The fourth-order valence-corrected chi connectivity index (χ4v) is 2.74. The summed E-state index contributed by atoms with van der Waals surface area (Å²) in [7, 11) is 1.95. The van der Waals surface area contributed by atoms with E-state index in [0.717, 1.165) is 30.9 Å². The van der Waals surface area contributed by atoms with Crippen molar-refractivity contribution in [3.8, 4) is 0 Å². The summed E-state index contributed by atoms with van der Waals surface area (Å²) in [4.78, 5) is 16.9. The van der Waals surface area contributed by atoms with E-state index in [1.807, 2.05) is 48.1 Å². The molecule has 2 N–H and O–H groups in total. The maximum atomic E-state index is 12.4. The van der Waals surface area contributed by atoms with Gasteiger partial charge in [-0.3, -0.25) is 4.79 Å². The number of nitrogens with one attached hydrogen (secondary N) is 2. The fraction of sp³-hybridized carbons (Fsp3) is 0.375. The minimum absolute atomic E-state index is 0.0523. The monoisotopic (exact) mass is 284 g/mol. The predicted molar refractivity (Wildman–Crippen MR) is 80.6 cm³/mol. The molecule has 1 aromatic heterocycles. The van der Waals surface area contributed by atoms with Crippen molar-refractivity contribution >= 4 is 5.91 Å². The molecule has 0 bridgehead atoms. The lowest BCUT2D eigenvalue weighted by Gasteiger charge is -2.21. The molecule has 1 aromatic carbocycles. The summed E-state index contributed by atoms with van der Waals surface area (Å²) in [6, 6.07) is 9.77. The minimum Gasteiger partial charge on any atom is -0.342 e. The van der Waals surface area contributed by atoms with E-state index in [2.05, 4.69) is 15.6 Å². The van der Waals surface area contributed by atoms with Crippen LogP contribution in [0, 0.1) is 5.92 Å². The van der Waals surface area contributed by atoms with Gasteiger partial charge >= 0.3 is 0 Å². The van der Waals surface area contributed by atoms with Crippen LogP contribution in [0.25, 0.3) is 0 Å². The molecule has 5 nitrogen and oxygen atoms in total. The summed E-state index contributed by atoms with van der Waals surface area (Å²) < 4.78 is 1.95. The quantitative estimate of drug-likeness (QED) is 0.888. The normalized spacial score (nSPS) is 19.4. The topological polar surface area (TPSA) is 59.0 Å². The molecule has 0 aliphatic carbocycles. The second kappa shape index (κ2) is 6.10. The molecule has 2 atom stereocenters. The largest absolute Gasteiger partial charge is 0.342 e. The molecule has 21 heavy (non-hydrogen) atoms. The van der Waals surface area contributed by atoms with Gasteiger partial charge < -0.3 is 15.2 Å². The average molecular weight is 284 g/mol. The lowest BCUT2D eigenvalue weighted by Crippen LogP contribution is -2.36. The molecule has 5 heteroatoms. The Balaban J connectivity index is 1.86. The first kappa shape index (κ1) is 13.8. The molecular formula is C16H20N4O. The zero-order valence-electron chi connectivity index (χ0n) is 12.1. The van der Waals surface area contributed by atoms with Crippen LogP contribution in [0.1, 0.15) is 23.9 Å². The van der Waals surface area contributed by atoms with Crippen LogP contribution < -0.4 is 10.6 Å². The van der Waals surface area contributed by atoms with Crippen molar-refractivity contribution in [3.63, 3.8) is 0 Å². The smallest absolute Gasteiger partial charge is 0.225 e. The standard InChI is InChI=1S/C16H20N4O/c1-20-10-9-18-15(20)14(12-5-3-2-4-6-12)19-16(21)13-7-8-17-11-13/h2-6,9-10,13-14,17H,7-8,11H2,1H3,(H,19,21). The molecule has 1 fully saturated rings. The highest BCUT2D eigenvalue weighted by molar-refractivity contribution is 5.80. The van der Waals surface area contributed by atoms with E-state index < -0.39 is 0 Å². The highest BCUT2D eigenvalue weighted by atomic mass is 16.2. The van der Waals surface area contributed by atoms with E-state index in [4.69, 9.17) is 0 Å². The second-order valence-electron chi connectivity index (χ2n) is 5.44. The van der Waals surface area contributed by atoms with Crippen molar-refractivity contribution in [2.75, 3.05) is 13.1 Å². The van der Waals surface area contributed by atoms with Crippen LogP contribution in [-0.4, -0.2) is 28.5 Å². The third-order valence-corrected chi connectivity index (χ3v) is 3.97. The van der Waals surface area contributed by atoms with Gasteiger partial charge in [0.2, 0.25) is 5.91 Å². The molecule has 3 rings (SSSR count). The number of imidazole rings is 1. The van der Waals surface area contributed by atoms with Crippen LogP contribution in [0.5, 0.6) is 0 Å². The lowest BCUT2D eigenvalue weighted by atomic mass is 10.0. The van der Waals surface area contributed by atoms with Gasteiger partial charge in [-0.15, -0.1) is 0 Å². The minimum atomic E-state index is -0.209. The molecule has 0 saturated carbocycles. The van der Waals surface area contributed by atoms with E-state index in [1.165, 1.54) is 0 Å². The van der Waals surface area contributed by atoms with Crippen molar-refractivity contribution in [2.45, 2.75) is 12.5 Å². The number of benzene rings is 1. The van der Waals surface area contributed by atoms with Crippen LogP contribution in [-0.2, 0) is 11.8 Å². The number of amides is 1. The number of carbonyl (C=O) groups is 1. The third-order valence-electron chi connectivity index (χ3n) is 3.97. The van der Waals surface area contributed by atoms with Crippen LogP contribution in [0.2, 0.25) is 0 Å². The fourth-order valence-electron chi connectivity index (χ4n) is 2.74. The van der Waals surface area contributed by atoms with Crippen molar-refractivity contribution < 1.29 is 4.79 Å². The zero-order valence-corrected chi connectivity index (χ0v) is 12.1. The number of aryl methyl sites for hydroxylation is 1. The van der Waals surface area contributed by atoms with Gasteiger partial charge in [0.05, 0.1) is 5.92 Å². The van der Waals surface area contributed by atoms with E-state index in [1.54, 1.807) is 6.20 Å². The predicted octanol–water partition coefficient (Wildman–Crippen LogP) is 1.24. The van der Waals surface area contributed by atoms with Crippen molar-refractivity contribution in [2.24, 2.45) is 13.0 Å². The highest BCUT2D eigenvalue weighted by Gasteiger charge is 2.27. The number of carbonyl (C=O) groups excluding carboxylic acids is 1. The Morgan fingerprint density at radius 2 is 2.24 bits per heavy atom. The highest BCUT2D eigenvalue weighted by Crippen LogP contribution is 2.21. The molecule has 1 aliphatic heterocycles. The van der Waals surface area contributed by atoms with Crippen molar-refractivity contribution in [3.05, 3.63) is 54.1 Å². The molecule has 0 spiro atoms. The summed E-state index contributed by atoms with van der Waals surface area (Å²) in [5, 5.41) is 6.39. The summed E-state index contributed by atoms with van der Waals surface area (Å²) >= 11 is 0. The molecule has 2 heterocycles. The van der Waals surface area contributed by atoms with Crippen LogP contribution >= 0.6 is 0 Å². The van der Waals surface area contributed by atoms with Gasteiger partial charge in [-0.2, -0.15) is 0 Å². The van der Waals surface area contributed by atoms with E-state index in [0.29, 0.717) is 0 Å². The molecule has 0 radical (unpaired) electrons. The summed E-state index contributed by atoms with van der Waals surface area (Å²) in [6.45, 7) is 1.67. The number of hydrogen-bond acceptors (Lipinski definition) is 3. The van der Waals surface area contributed by atoms with E-state index >= 15 is 0 Å². The zero-order chi connectivity index (χ0) is 14.7. The maximum Gasteiger partial charge on any atom is 0.225 e. The Bertz CT molecular complexity index is 602. The summed E-state index contributed by atoms with van der Waals surface area (Å²) in [5.41, 5.74) is 1.05. The van der Waals surface area contributed by atoms with Crippen molar-refractivity contribution in [1.82, 2.24) is 20.2 Å². The first-order valence-corrected chi connectivity index (χ1v) is 7.29. The van der Waals surface area contributed by atoms with Gasteiger partial charge in [0.25, 0.3) is 0 Å². The SMILES string of the molecule is Cn1ccnc1C(NC(=O)C1CCNC1)c1ccccc1. The second-order valence-corrected chi connectivity index (χ2v) is 5.44. The van der Waals surface area contributed by atoms with E-state index in [9.17, 15) is 4.79 Å². The summed E-state index contributed by atoms with van der Waals surface area (Å²) in [5.74, 6) is 0.994. The molecule has 110 valence electrons. The van der Waals surface area contributed by atoms with Gasteiger partial charge in [-0.1, -0.05) is 30.3 Å². The van der Waals surface area contributed by atoms with Gasteiger partial charge in [-0.05, 0) is 18.5 Å². The first-order valence-electron chi connectivity index (χ1n) is 7.29. The lowest BCUT2D eigenvalue weighted by molar-refractivity contribution is -0.125. The maximum absolute atomic E-state index is 12.4. The Kier molecular flexibility index (Phi) is 4.01. The molecule has 1 aliphatic rings. The third kappa shape index (κ3) is 2.97. The van der Waals surface area contributed by atoms with Crippen LogP contribution in [0.4, 0.5) is 0 Å².